The van der Waals surface area contributed by atoms with Crippen molar-refractivity contribution in [3.63, 3.8) is 0 Å². The zero-order valence-electron chi connectivity index (χ0n) is 27.6. The number of rotatable bonds is 12. The number of hydrogen-bond acceptors (Lipinski definition) is 7. The second-order valence-electron chi connectivity index (χ2n) is 12.6. The van der Waals surface area contributed by atoms with Crippen molar-refractivity contribution in [1.29, 1.82) is 0 Å². The average Bonchev–Trinajstić information content (AvgIpc) is 3.92. The van der Waals surface area contributed by atoms with Crippen molar-refractivity contribution >= 4 is 29.4 Å². The fourth-order valence-electron chi connectivity index (χ4n) is 6.03. The van der Waals surface area contributed by atoms with E-state index in [-0.39, 0.29) is 37.0 Å². The zero-order valence-corrected chi connectivity index (χ0v) is 27.6. The molecule has 0 radical (unpaired) electrons. The Bertz CT molecular complexity index is 1900. The van der Waals surface area contributed by atoms with Gasteiger partial charge in [-0.25, -0.2) is 5.48 Å². The molecule has 0 aliphatic heterocycles. The van der Waals surface area contributed by atoms with E-state index < -0.39 is 29.7 Å². The van der Waals surface area contributed by atoms with Gasteiger partial charge in [0.15, 0.2) is 0 Å². The minimum Gasteiger partial charge on any atom is -0.465 e. The first-order chi connectivity index (χ1) is 24.3. The van der Waals surface area contributed by atoms with Crippen molar-refractivity contribution in [2.24, 2.45) is 5.92 Å². The van der Waals surface area contributed by atoms with Crippen LogP contribution in [0.4, 0.5) is 5.69 Å². The summed E-state index contributed by atoms with van der Waals surface area (Å²) < 4.78 is 5.69. The minimum absolute atomic E-state index is 0.0896. The van der Waals surface area contributed by atoms with Crippen LogP contribution < -0.4 is 21.4 Å². The first-order valence-electron chi connectivity index (χ1n) is 16.6. The van der Waals surface area contributed by atoms with E-state index in [4.69, 9.17) is 4.74 Å². The Morgan fingerprint density at radius 3 is 1.98 bits per heavy atom. The molecule has 1 fully saturated rings. The number of anilines is 1. The molecule has 2 aliphatic rings. The first-order valence-corrected chi connectivity index (χ1v) is 16.6. The summed E-state index contributed by atoms with van der Waals surface area (Å²) >= 11 is 0. The molecular weight excluding hydrogens is 632 g/mol. The third kappa shape index (κ3) is 8.44. The standard InChI is InChI=1S/C40H38N4O6/c1-25(22-37(46)50-24-35-33-8-4-2-6-31(33)32-7-3-5-9-34(32)35)38(40(48)44-49)43-39(47)28-16-12-26(13-17-28)10-11-27-14-18-30(19-15-27)42-36(45)23-41-29-20-21-29/h2-9,12-19,25,29,35,38,41,49H,20-24H2,1H3,(H,42,45)(H,43,47)(H,44,48)/t25-,38-/m0/s1. The summed E-state index contributed by atoms with van der Waals surface area (Å²) in [5.41, 5.74) is 8.38. The van der Waals surface area contributed by atoms with Crippen LogP contribution in [0.1, 0.15) is 64.7 Å². The second-order valence-corrected chi connectivity index (χ2v) is 12.6. The number of fused-ring (bicyclic) bond motifs is 3. The van der Waals surface area contributed by atoms with Gasteiger partial charge in [-0.3, -0.25) is 24.4 Å². The summed E-state index contributed by atoms with van der Waals surface area (Å²) in [6.07, 6.45) is 2.08. The molecule has 50 heavy (non-hydrogen) atoms. The third-order valence-electron chi connectivity index (χ3n) is 8.91. The lowest BCUT2D eigenvalue weighted by Gasteiger charge is -2.23. The summed E-state index contributed by atoms with van der Waals surface area (Å²) in [6, 6.07) is 29.1. The number of nitrogens with one attached hydrogen (secondary N) is 4. The SMILES string of the molecule is C[C@@H](CC(=O)OCC1c2ccccc2-c2ccccc21)[C@H](NC(=O)c1ccc(C#Cc2ccc(NC(=O)CNC3CC3)cc2)cc1)C(=O)NO. The van der Waals surface area contributed by atoms with E-state index >= 15 is 0 Å². The maximum atomic E-state index is 13.1. The quantitative estimate of drug-likeness (QED) is 0.0633. The molecule has 0 bridgehead atoms. The monoisotopic (exact) mass is 670 g/mol. The minimum atomic E-state index is -1.20. The van der Waals surface area contributed by atoms with Crippen LogP contribution in [0.15, 0.2) is 97.1 Å². The fourth-order valence-corrected chi connectivity index (χ4v) is 6.03. The smallest absolute Gasteiger partial charge is 0.306 e. The number of ether oxygens (including phenoxy) is 1. The fraction of sp³-hybridized carbons (Fsp3) is 0.250. The lowest BCUT2D eigenvalue weighted by Crippen LogP contribution is -2.50. The van der Waals surface area contributed by atoms with E-state index in [2.05, 4.69) is 39.9 Å². The van der Waals surface area contributed by atoms with Gasteiger partial charge < -0.3 is 20.7 Å². The van der Waals surface area contributed by atoms with Gasteiger partial charge in [-0.2, -0.15) is 0 Å². The first kappa shape index (κ1) is 34.1. The second kappa shape index (κ2) is 15.6. The molecule has 6 rings (SSSR count). The van der Waals surface area contributed by atoms with E-state index in [1.807, 2.05) is 48.5 Å². The van der Waals surface area contributed by atoms with Crippen molar-refractivity contribution in [2.45, 2.75) is 44.2 Å². The number of hydroxylamine groups is 1. The van der Waals surface area contributed by atoms with Crippen molar-refractivity contribution in [2.75, 3.05) is 18.5 Å². The van der Waals surface area contributed by atoms with E-state index in [9.17, 15) is 24.4 Å². The molecule has 2 aliphatic carbocycles. The summed E-state index contributed by atoms with van der Waals surface area (Å²) in [7, 11) is 0. The van der Waals surface area contributed by atoms with Crippen LogP contribution in [-0.4, -0.2) is 54.1 Å². The van der Waals surface area contributed by atoms with Gasteiger partial charge in [0, 0.05) is 34.3 Å². The van der Waals surface area contributed by atoms with Crippen molar-refractivity contribution in [3.05, 3.63) is 125 Å². The van der Waals surface area contributed by atoms with Gasteiger partial charge >= 0.3 is 5.97 Å². The molecule has 10 nitrogen and oxygen atoms in total. The Balaban J connectivity index is 1.01. The highest BCUT2D eigenvalue weighted by molar-refractivity contribution is 5.97. The van der Waals surface area contributed by atoms with E-state index in [1.165, 1.54) is 0 Å². The van der Waals surface area contributed by atoms with E-state index in [1.54, 1.807) is 48.8 Å². The molecule has 5 N–H and O–H groups in total. The van der Waals surface area contributed by atoms with Gasteiger partial charge in [0.2, 0.25) is 5.91 Å². The van der Waals surface area contributed by atoms with Crippen LogP contribution in [0.25, 0.3) is 11.1 Å². The normalized spacial score (nSPS) is 14.2. The summed E-state index contributed by atoms with van der Waals surface area (Å²) in [5.74, 6) is 3.31. The molecule has 10 heteroatoms. The summed E-state index contributed by atoms with van der Waals surface area (Å²) in [4.78, 5) is 50.7. The third-order valence-corrected chi connectivity index (χ3v) is 8.91. The Morgan fingerprint density at radius 1 is 0.820 bits per heavy atom. The predicted molar refractivity (Wildman–Crippen MR) is 188 cm³/mol. The molecule has 2 atom stereocenters. The van der Waals surface area contributed by atoms with Gasteiger partial charge in [0.1, 0.15) is 12.6 Å². The van der Waals surface area contributed by atoms with Crippen LogP contribution in [0.5, 0.6) is 0 Å². The molecule has 3 amide bonds. The van der Waals surface area contributed by atoms with E-state index in [0.717, 1.165) is 40.7 Å². The van der Waals surface area contributed by atoms with Gasteiger partial charge in [-0.1, -0.05) is 67.3 Å². The van der Waals surface area contributed by atoms with Gasteiger partial charge in [-0.15, -0.1) is 0 Å². The van der Waals surface area contributed by atoms with Gasteiger partial charge in [0.05, 0.1) is 13.0 Å². The highest BCUT2D eigenvalue weighted by atomic mass is 16.5. The predicted octanol–water partition coefficient (Wildman–Crippen LogP) is 4.76. The highest BCUT2D eigenvalue weighted by Crippen LogP contribution is 2.44. The Morgan fingerprint density at radius 2 is 1.40 bits per heavy atom. The van der Waals surface area contributed by atoms with Crippen LogP contribution in [0, 0.1) is 17.8 Å². The molecule has 0 spiro atoms. The number of carbonyl (C=O) groups is 4. The largest absolute Gasteiger partial charge is 0.465 e. The molecule has 0 heterocycles. The molecule has 1 saturated carbocycles. The van der Waals surface area contributed by atoms with Gasteiger partial charge in [-0.05, 0) is 89.5 Å². The molecule has 4 aromatic rings. The molecule has 0 aromatic heterocycles. The number of esters is 1. The van der Waals surface area contributed by atoms with Crippen molar-refractivity contribution < 1.29 is 29.1 Å². The molecule has 0 unspecified atom stereocenters. The van der Waals surface area contributed by atoms with Crippen molar-refractivity contribution in [3.8, 4) is 23.0 Å². The maximum absolute atomic E-state index is 13.1. The van der Waals surface area contributed by atoms with Crippen LogP contribution in [0.3, 0.4) is 0 Å². The van der Waals surface area contributed by atoms with Gasteiger partial charge in [0.25, 0.3) is 11.8 Å². The zero-order chi connectivity index (χ0) is 35.0. The Kier molecular flexibility index (Phi) is 10.7. The lowest BCUT2D eigenvalue weighted by atomic mass is 9.96. The number of hydrogen-bond donors (Lipinski definition) is 5. The lowest BCUT2D eigenvalue weighted by molar-refractivity contribution is -0.145. The highest BCUT2D eigenvalue weighted by Gasteiger charge is 2.32. The van der Waals surface area contributed by atoms with Crippen LogP contribution >= 0.6 is 0 Å². The molecular formula is C40H38N4O6. The summed E-state index contributed by atoms with van der Waals surface area (Å²) in [6.45, 7) is 2.06. The molecule has 254 valence electrons. The van der Waals surface area contributed by atoms with Crippen LogP contribution in [-0.2, 0) is 19.1 Å². The Hall–Kier alpha value is -5.76. The van der Waals surface area contributed by atoms with Crippen LogP contribution in [0.2, 0.25) is 0 Å². The average molecular weight is 671 g/mol. The number of amides is 3. The summed E-state index contributed by atoms with van der Waals surface area (Å²) in [5, 5.41) is 18.1. The Labute approximate surface area is 290 Å². The number of carbonyl (C=O) groups excluding carboxylic acids is 4. The number of benzene rings is 4. The van der Waals surface area contributed by atoms with Crippen molar-refractivity contribution in [1.82, 2.24) is 16.1 Å². The maximum Gasteiger partial charge on any atom is 0.306 e. The van der Waals surface area contributed by atoms with E-state index in [0.29, 0.717) is 17.3 Å². The molecule has 4 aromatic carbocycles. The topological polar surface area (TPSA) is 146 Å². The molecule has 0 saturated heterocycles.